The molecule has 112 valence electrons. The van der Waals surface area contributed by atoms with E-state index < -0.39 is 0 Å². The van der Waals surface area contributed by atoms with Crippen molar-refractivity contribution >= 4 is 15.9 Å². The van der Waals surface area contributed by atoms with Gasteiger partial charge in [-0.15, -0.1) is 0 Å². The Labute approximate surface area is 135 Å². The molecule has 2 aromatic rings. The second kappa shape index (κ2) is 7.62. The van der Waals surface area contributed by atoms with Crippen molar-refractivity contribution in [3.05, 3.63) is 63.6 Å². The van der Waals surface area contributed by atoms with E-state index in [-0.39, 0.29) is 0 Å². The quantitative estimate of drug-likeness (QED) is 0.840. The number of hydrogen-bond acceptors (Lipinski definition) is 2. The van der Waals surface area contributed by atoms with Crippen LogP contribution in [0.5, 0.6) is 5.75 Å². The molecule has 1 N–H and O–H groups in total. The number of likely N-dealkylation sites (N-methyl/N-ethyl adjacent to an activating group) is 1. The van der Waals surface area contributed by atoms with Crippen LogP contribution in [0.25, 0.3) is 0 Å². The van der Waals surface area contributed by atoms with Gasteiger partial charge in [0.05, 0.1) is 11.6 Å². The van der Waals surface area contributed by atoms with Crippen molar-refractivity contribution in [1.29, 1.82) is 0 Å². The van der Waals surface area contributed by atoms with Crippen LogP contribution >= 0.6 is 15.9 Å². The van der Waals surface area contributed by atoms with Crippen LogP contribution < -0.4 is 10.1 Å². The Bertz CT molecular complexity index is 598. The third-order valence-corrected chi connectivity index (χ3v) is 4.40. The summed E-state index contributed by atoms with van der Waals surface area (Å²) in [6.07, 6.45) is 1.01. The van der Waals surface area contributed by atoms with Crippen LogP contribution in [0.1, 0.15) is 22.6 Å². The maximum Gasteiger partial charge on any atom is 0.133 e. The predicted molar refractivity (Wildman–Crippen MR) is 92.2 cm³/mol. The topological polar surface area (TPSA) is 21.3 Å². The lowest BCUT2D eigenvalue weighted by molar-refractivity contribution is 0.412. The van der Waals surface area contributed by atoms with Crippen LogP contribution in [0, 0.1) is 6.92 Å². The van der Waals surface area contributed by atoms with Gasteiger partial charge < -0.3 is 10.1 Å². The zero-order valence-corrected chi connectivity index (χ0v) is 14.4. The SMILES string of the molecule is CNCC(Cc1ccc(OC)c(Br)c1)c1ccccc1C. The van der Waals surface area contributed by atoms with Gasteiger partial charge in [-0.05, 0) is 65.1 Å². The molecule has 0 fully saturated rings. The van der Waals surface area contributed by atoms with Crippen molar-refractivity contribution in [2.24, 2.45) is 0 Å². The molecule has 0 aliphatic carbocycles. The molecule has 2 rings (SSSR count). The molecule has 0 bridgehead atoms. The average molecular weight is 348 g/mol. The van der Waals surface area contributed by atoms with Gasteiger partial charge in [0, 0.05) is 12.5 Å². The molecule has 0 spiro atoms. The maximum atomic E-state index is 5.30. The number of rotatable bonds is 6. The summed E-state index contributed by atoms with van der Waals surface area (Å²) in [5.41, 5.74) is 4.08. The lowest BCUT2D eigenvalue weighted by Crippen LogP contribution is -2.20. The molecule has 3 heteroatoms. The minimum absolute atomic E-state index is 0.469. The fraction of sp³-hybridized carbons (Fsp3) is 0.333. The van der Waals surface area contributed by atoms with Crippen LogP contribution in [0.4, 0.5) is 0 Å². The second-order valence-corrected chi connectivity index (χ2v) is 6.14. The first-order valence-corrected chi connectivity index (χ1v) is 7.97. The first-order chi connectivity index (χ1) is 10.2. The molecule has 21 heavy (non-hydrogen) atoms. The summed E-state index contributed by atoms with van der Waals surface area (Å²) in [6, 6.07) is 14.9. The second-order valence-electron chi connectivity index (χ2n) is 5.28. The van der Waals surface area contributed by atoms with Gasteiger partial charge in [0.2, 0.25) is 0 Å². The fourth-order valence-electron chi connectivity index (χ4n) is 2.70. The summed E-state index contributed by atoms with van der Waals surface area (Å²) in [7, 11) is 3.70. The molecule has 0 aliphatic heterocycles. The van der Waals surface area contributed by atoms with Crippen LogP contribution in [0.3, 0.4) is 0 Å². The molecule has 0 radical (unpaired) electrons. The molecule has 2 aromatic carbocycles. The highest BCUT2D eigenvalue weighted by molar-refractivity contribution is 9.10. The smallest absolute Gasteiger partial charge is 0.133 e. The number of aryl methyl sites for hydroxylation is 1. The molecule has 1 atom stereocenters. The number of halogens is 1. The predicted octanol–water partition coefficient (Wildman–Crippen LogP) is 4.31. The van der Waals surface area contributed by atoms with E-state index in [9.17, 15) is 0 Å². The summed E-state index contributed by atoms with van der Waals surface area (Å²) in [5, 5.41) is 3.31. The van der Waals surface area contributed by atoms with E-state index in [0.717, 1.165) is 23.2 Å². The lowest BCUT2D eigenvalue weighted by Gasteiger charge is -2.20. The van der Waals surface area contributed by atoms with Crippen molar-refractivity contribution in [1.82, 2.24) is 5.32 Å². The van der Waals surface area contributed by atoms with Crippen LogP contribution in [0.2, 0.25) is 0 Å². The van der Waals surface area contributed by atoms with Crippen molar-refractivity contribution in [2.75, 3.05) is 20.7 Å². The van der Waals surface area contributed by atoms with Gasteiger partial charge in [-0.25, -0.2) is 0 Å². The standard InChI is InChI=1S/C18H22BrNO/c1-13-6-4-5-7-16(13)15(12-20-2)10-14-8-9-18(21-3)17(19)11-14/h4-9,11,15,20H,10,12H2,1-3H3. The van der Waals surface area contributed by atoms with Crippen LogP contribution in [0.15, 0.2) is 46.9 Å². The van der Waals surface area contributed by atoms with Crippen molar-refractivity contribution in [3.8, 4) is 5.75 Å². The number of ether oxygens (including phenoxy) is 1. The van der Waals surface area contributed by atoms with Crippen LogP contribution in [-0.2, 0) is 6.42 Å². The summed E-state index contributed by atoms with van der Waals surface area (Å²) >= 11 is 3.57. The summed E-state index contributed by atoms with van der Waals surface area (Å²) in [5.74, 6) is 1.34. The van der Waals surface area contributed by atoms with Gasteiger partial charge in [0.1, 0.15) is 5.75 Å². The highest BCUT2D eigenvalue weighted by Gasteiger charge is 2.14. The van der Waals surface area contributed by atoms with E-state index in [0.29, 0.717) is 5.92 Å². The van der Waals surface area contributed by atoms with Gasteiger partial charge >= 0.3 is 0 Å². The maximum absolute atomic E-state index is 5.30. The molecule has 0 heterocycles. The summed E-state index contributed by atoms with van der Waals surface area (Å²) < 4.78 is 6.31. The molecule has 0 amide bonds. The molecule has 0 saturated heterocycles. The van der Waals surface area contributed by atoms with Gasteiger partial charge in [0.25, 0.3) is 0 Å². The van der Waals surface area contributed by atoms with Crippen molar-refractivity contribution in [2.45, 2.75) is 19.3 Å². The van der Waals surface area contributed by atoms with E-state index in [2.05, 4.69) is 64.6 Å². The van der Waals surface area contributed by atoms with E-state index in [4.69, 9.17) is 4.74 Å². The Morgan fingerprint density at radius 1 is 1.19 bits per heavy atom. The van der Waals surface area contributed by atoms with Crippen molar-refractivity contribution in [3.63, 3.8) is 0 Å². The lowest BCUT2D eigenvalue weighted by atomic mass is 9.89. The van der Waals surface area contributed by atoms with E-state index in [1.807, 2.05) is 13.1 Å². The normalized spacial score (nSPS) is 12.2. The Balaban J connectivity index is 2.24. The summed E-state index contributed by atoms with van der Waals surface area (Å²) in [6.45, 7) is 3.15. The number of hydrogen-bond donors (Lipinski definition) is 1. The first kappa shape index (κ1) is 16.1. The van der Waals surface area contributed by atoms with Gasteiger partial charge in [0.15, 0.2) is 0 Å². The van der Waals surface area contributed by atoms with Gasteiger partial charge in [-0.3, -0.25) is 0 Å². The first-order valence-electron chi connectivity index (χ1n) is 7.18. The largest absolute Gasteiger partial charge is 0.496 e. The highest BCUT2D eigenvalue weighted by Crippen LogP contribution is 2.29. The Kier molecular flexibility index (Phi) is 5.83. The third-order valence-electron chi connectivity index (χ3n) is 3.78. The van der Waals surface area contributed by atoms with E-state index in [1.165, 1.54) is 16.7 Å². The Morgan fingerprint density at radius 3 is 2.57 bits per heavy atom. The minimum atomic E-state index is 0.469. The zero-order valence-electron chi connectivity index (χ0n) is 12.8. The minimum Gasteiger partial charge on any atom is -0.496 e. The molecular weight excluding hydrogens is 326 g/mol. The molecule has 2 nitrogen and oxygen atoms in total. The van der Waals surface area contributed by atoms with Crippen molar-refractivity contribution < 1.29 is 4.74 Å². The number of nitrogens with one attached hydrogen (secondary N) is 1. The highest BCUT2D eigenvalue weighted by atomic mass is 79.9. The average Bonchev–Trinajstić information content (AvgIpc) is 2.47. The molecule has 0 saturated carbocycles. The molecule has 0 aliphatic rings. The molecule has 1 unspecified atom stereocenters. The zero-order chi connectivity index (χ0) is 15.2. The number of methoxy groups -OCH3 is 1. The Hall–Kier alpha value is -1.32. The third kappa shape index (κ3) is 4.08. The molecular formula is C18H22BrNO. The fourth-order valence-corrected chi connectivity index (χ4v) is 3.29. The number of benzene rings is 2. The van der Waals surface area contributed by atoms with Crippen LogP contribution in [-0.4, -0.2) is 20.7 Å². The van der Waals surface area contributed by atoms with Gasteiger partial charge in [-0.1, -0.05) is 30.3 Å². The Morgan fingerprint density at radius 2 is 1.95 bits per heavy atom. The van der Waals surface area contributed by atoms with Gasteiger partial charge in [-0.2, -0.15) is 0 Å². The van der Waals surface area contributed by atoms with E-state index in [1.54, 1.807) is 7.11 Å². The van der Waals surface area contributed by atoms with E-state index >= 15 is 0 Å². The monoisotopic (exact) mass is 347 g/mol. The summed E-state index contributed by atoms with van der Waals surface area (Å²) in [4.78, 5) is 0. The molecule has 0 aromatic heterocycles.